The highest BCUT2D eigenvalue weighted by atomic mass is 19.4. The van der Waals surface area contributed by atoms with Gasteiger partial charge >= 0.3 is 13.1 Å². The van der Waals surface area contributed by atoms with Crippen molar-refractivity contribution in [2.24, 2.45) is 0 Å². The van der Waals surface area contributed by atoms with E-state index < -0.39 is 24.1 Å². The van der Waals surface area contributed by atoms with Gasteiger partial charge < -0.3 is 17.7 Å². The predicted molar refractivity (Wildman–Crippen MR) is 69.7 cm³/mol. The number of ether oxygens (including phenoxy) is 1. The summed E-state index contributed by atoms with van der Waals surface area (Å²) in [6.07, 6.45) is -0.779. The summed E-state index contributed by atoms with van der Waals surface area (Å²) >= 11 is 0. The number of rotatable bonds is 2. The predicted octanol–water partition coefficient (Wildman–Crippen LogP) is 3.40. The molecule has 0 saturated heterocycles. The number of anilines is 1. The van der Waals surface area contributed by atoms with E-state index in [0.29, 0.717) is 5.56 Å². The van der Waals surface area contributed by atoms with Gasteiger partial charge in [0.05, 0.1) is 0 Å². The third kappa shape index (κ3) is 5.24. The number of hydrogen-bond donors (Lipinski definition) is 1. The fraction of sp³-hybridized carbons (Fsp3) is 0.417. The first-order valence-corrected chi connectivity index (χ1v) is 5.79. The fourth-order valence-electron chi connectivity index (χ4n) is 1.50. The molecule has 0 aromatic heterocycles. The number of nitrogens with one attached hydrogen (secondary N) is 1. The van der Waals surface area contributed by atoms with E-state index in [-0.39, 0.29) is 5.69 Å². The number of amides is 1. The van der Waals surface area contributed by atoms with Crippen LogP contribution < -0.4 is 10.8 Å². The molecule has 1 amide bonds. The molecule has 0 spiro atoms. The first kappa shape index (κ1) is 15.4. The van der Waals surface area contributed by atoms with Gasteiger partial charge in [-0.3, -0.25) is 5.32 Å². The second-order valence-corrected chi connectivity index (χ2v) is 5.33. The van der Waals surface area contributed by atoms with Gasteiger partial charge in [-0.15, -0.1) is 5.46 Å². The van der Waals surface area contributed by atoms with Crippen molar-refractivity contribution in [3.05, 3.63) is 23.8 Å². The Bertz CT molecular complexity index is 481. The molecule has 3 nitrogen and oxygen atoms in total. The highest BCUT2D eigenvalue weighted by molar-refractivity contribution is 6.73. The van der Waals surface area contributed by atoms with E-state index in [9.17, 15) is 17.7 Å². The quantitative estimate of drug-likeness (QED) is 0.839. The van der Waals surface area contributed by atoms with Crippen molar-refractivity contribution in [1.82, 2.24) is 0 Å². The summed E-state index contributed by atoms with van der Waals surface area (Å²) in [6.45, 7) is 1.46. The molecule has 0 bridgehead atoms. The van der Waals surface area contributed by atoms with E-state index in [1.54, 1.807) is 20.8 Å². The molecular formula is C12H16BF3NO2-. The Morgan fingerprint density at radius 1 is 1.21 bits per heavy atom. The van der Waals surface area contributed by atoms with Crippen LogP contribution in [-0.4, -0.2) is 18.7 Å². The zero-order valence-electron chi connectivity index (χ0n) is 11.3. The van der Waals surface area contributed by atoms with Gasteiger partial charge in [-0.2, -0.15) is 0 Å². The standard InChI is InChI=1S/C12H16BF3NO2/c1-8-5-9(13(14,15)16)7-10(6-8)17-11(18)19-12(2,3)4/h5-7H,1-4H3,(H,17,18)/q-1. The van der Waals surface area contributed by atoms with Gasteiger partial charge in [0.2, 0.25) is 0 Å². The number of aryl methyl sites for hydroxylation is 1. The average Bonchev–Trinajstić information content (AvgIpc) is 2.11. The summed E-state index contributed by atoms with van der Waals surface area (Å²) < 4.78 is 43.0. The van der Waals surface area contributed by atoms with Crippen LogP contribution in [0.1, 0.15) is 26.3 Å². The van der Waals surface area contributed by atoms with Crippen LogP contribution in [0.5, 0.6) is 0 Å². The molecular weight excluding hydrogens is 258 g/mol. The summed E-state index contributed by atoms with van der Waals surface area (Å²) in [4.78, 5) is 11.5. The first-order valence-electron chi connectivity index (χ1n) is 5.79. The van der Waals surface area contributed by atoms with Crippen molar-refractivity contribution in [2.45, 2.75) is 33.3 Å². The van der Waals surface area contributed by atoms with Crippen molar-refractivity contribution in [3.8, 4) is 0 Å². The lowest BCUT2D eigenvalue weighted by atomic mass is 9.79. The van der Waals surface area contributed by atoms with Gasteiger partial charge in [0.1, 0.15) is 5.60 Å². The Balaban J connectivity index is 2.91. The molecule has 0 atom stereocenters. The van der Waals surface area contributed by atoms with Crippen LogP contribution in [0.15, 0.2) is 18.2 Å². The lowest BCUT2D eigenvalue weighted by Crippen LogP contribution is -2.34. The molecule has 0 aliphatic heterocycles. The molecule has 0 aliphatic rings. The summed E-state index contributed by atoms with van der Waals surface area (Å²) in [6, 6.07) is 3.40. The van der Waals surface area contributed by atoms with E-state index in [2.05, 4.69) is 5.32 Å². The number of benzene rings is 1. The first-order chi connectivity index (χ1) is 8.47. The number of hydrogen-bond acceptors (Lipinski definition) is 2. The molecule has 1 N–H and O–H groups in total. The van der Waals surface area contributed by atoms with E-state index in [0.717, 1.165) is 12.1 Å². The Hall–Kier alpha value is -1.66. The maximum absolute atomic E-state index is 12.7. The Morgan fingerprint density at radius 3 is 2.26 bits per heavy atom. The molecule has 0 radical (unpaired) electrons. The highest BCUT2D eigenvalue weighted by Gasteiger charge is 2.26. The van der Waals surface area contributed by atoms with Crippen LogP contribution in [-0.2, 0) is 4.74 Å². The Labute approximate surface area is 110 Å². The van der Waals surface area contributed by atoms with Gasteiger partial charge in [-0.05, 0) is 33.8 Å². The van der Waals surface area contributed by atoms with Crippen molar-refractivity contribution in [1.29, 1.82) is 0 Å². The van der Waals surface area contributed by atoms with Crippen molar-refractivity contribution < 1.29 is 22.5 Å². The van der Waals surface area contributed by atoms with E-state index in [1.165, 1.54) is 13.0 Å². The van der Waals surface area contributed by atoms with Crippen molar-refractivity contribution in [3.63, 3.8) is 0 Å². The van der Waals surface area contributed by atoms with Gasteiger partial charge in [0.15, 0.2) is 0 Å². The highest BCUT2D eigenvalue weighted by Crippen LogP contribution is 2.16. The van der Waals surface area contributed by atoms with Crippen molar-refractivity contribution >= 4 is 24.2 Å². The zero-order valence-corrected chi connectivity index (χ0v) is 11.3. The molecule has 0 heterocycles. The van der Waals surface area contributed by atoms with Gasteiger partial charge in [0, 0.05) is 5.69 Å². The summed E-state index contributed by atoms with van der Waals surface area (Å²) in [7, 11) is 0. The largest absolute Gasteiger partial charge is 0.509 e. The van der Waals surface area contributed by atoms with Crippen molar-refractivity contribution in [2.75, 3.05) is 5.32 Å². The molecule has 1 aromatic rings. The number of carbonyl (C=O) groups is 1. The van der Waals surface area contributed by atoms with Crippen LogP contribution in [0, 0.1) is 6.92 Å². The Morgan fingerprint density at radius 2 is 1.79 bits per heavy atom. The second-order valence-electron chi connectivity index (χ2n) is 5.33. The van der Waals surface area contributed by atoms with Gasteiger partial charge in [0.25, 0.3) is 0 Å². The van der Waals surface area contributed by atoms with Crippen LogP contribution in [0.2, 0.25) is 0 Å². The smallest absolute Gasteiger partial charge is 0.445 e. The summed E-state index contributed by atoms with van der Waals surface area (Å²) in [5, 5.41) is 2.30. The average molecular weight is 274 g/mol. The van der Waals surface area contributed by atoms with E-state index in [4.69, 9.17) is 4.74 Å². The molecule has 19 heavy (non-hydrogen) atoms. The van der Waals surface area contributed by atoms with E-state index >= 15 is 0 Å². The minimum atomic E-state index is -5.10. The molecule has 1 aromatic carbocycles. The SMILES string of the molecule is Cc1cc(NC(=O)OC(C)(C)C)cc([B-](F)(F)F)c1. The molecule has 7 heteroatoms. The summed E-state index contributed by atoms with van der Waals surface area (Å²) in [5.74, 6) is 0. The topological polar surface area (TPSA) is 38.3 Å². The number of halogens is 3. The van der Waals surface area contributed by atoms with Crippen LogP contribution in [0.25, 0.3) is 0 Å². The lowest BCUT2D eigenvalue weighted by molar-refractivity contribution is 0.0636. The molecule has 106 valence electrons. The summed E-state index contributed by atoms with van der Waals surface area (Å²) in [5.41, 5.74) is -0.956. The molecule has 0 aliphatic carbocycles. The third-order valence-corrected chi connectivity index (χ3v) is 2.12. The molecule has 0 unspecified atom stereocenters. The normalized spacial score (nSPS) is 12.2. The van der Waals surface area contributed by atoms with E-state index in [1.807, 2.05) is 0 Å². The zero-order chi connectivity index (χ0) is 14.8. The van der Waals surface area contributed by atoms with Crippen LogP contribution in [0.3, 0.4) is 0 Å². The molecule has 0 fully saturated rings. The fourth-order valence-corrected chi connectivity index (χ4v) is 1.50. The second kappa shape index (κ2) is 5.15. The van der Waals surface area contributed by atoms with Gasteiger partial charge in [-0.25, -0.2) is 4.79 Å². The van der Waals surface area contributed by atoms with Gasteiger partial charge in [-0.1, -0.05) is 17.7 Å². The Kier molecular flexibility index (Phi) is 4.17. The molecule has 0 saturated carbocycles. The van der Waals surface area contributed by atoms with Crippen LogP contribution >= 0.6 is 0 Å². The number of carbonyl (C=O) groups excluding carboxylic acids is 1. The lowest BCUT2D eigenvalue weighted by Gasteiger charge is -2.21. The maximum atomic E-state index is 12.7. The third-order valence-electron chi connectivity index (χ3n) is 2.12. The minimum absolute atomic E-state index is 0.0726. The molecule has 1 rings (SSSR count). The maximum Gasteiger partial charge on any atom is 0.509 e. The minimum Gasteiger partial charge on any atom is -0.445 e. The monoisotopic (exact) mass is 274 g/mol. The van der Waals surface area contributed by atoms with Crippen LogP contribution in [0.4, 0.5) is 23.4 Å².